The SMILES string of the molecule is C[n+]1cc(-c2ccc3c(c2)CC[C@H]([C@](C)(O/N=C(\C(=O)C[C@@H]2C(=O)N(OS(=O)(=O)O)C2(C)C)c2csc(N)n2)C(=O)O)O3)cnc1CC[C@@H](O)CN. The Morgan fingerprint density at radius 2 is 2.04 bits per heavy atom. The van der Waals surface area contributed by atoms with Crippen LogP contribution in [0.5, 0.6) is 5.75 Å². The third-order valence-electron chi connectivity index (χ3n) is 9.23. The minimum Gasteiger partial charge on any atom is -0.485 e. The number of ether oxygens (including phenoxy) is 1. The van der Waals surface area contributed by atoms with Gasteiger partial charge in [0.2, 0.25) is 0 Å². The Bertz CT molecular complexity index is 2020. The molecule has 1 saturated heterocycles. The number of nitrogen functional groups attached to an aromatic ring is 1. The Hall–Kier alpha value is -4.60. The van der Waals surface area contributed by atoms with Gasteiger partial charge < -0.3 is 31.3 Å². The molecule has 3 aromatic rings. The number of Topliss-reactive ketones (excluding diaryl/α,β-unsaturated/α-hetero) is 1. The maximum Gasteiger partial charge on any atom is 0.418 e. The lowest BCUT2D eigenvalue weighted by Crippen LogP contribution is -2.68. The van der Waals surface area contributed by atoms with Gasteiger partial charge in [-0.25, -0.2) is 14.3 Å². The van der Waals surface area contributed by atoms with E-state index in [0.29, 0.717) is 30.1 Å². The monoisotopic (exact) mass is 762 g/mol. The van der Waals surface area contributed by atoms with Crippen LogP contribution in [-0.2, 0) is 53.8 Å². The average molecular weight is 763 g/mol. The number of carbonyl (C=O) groups is 3. The van der Waals surface area contributed by atoms with E-state index in [9.17, 15) is 33.0 Å². The van der Waals surface area contributed by atoms with Gasteiger partial charge in [0.05, 0.1) is 36.6 Å². The van der Waals surface area contributed by atoms with Crippen LogP contribution in [0, 0.1) is 5.92 Å². The third kappa shape index (κ3) is 8.06. The Balaban J connectivity index is 1.34. The first-order valence-corrected chi connectivity index (χ1v) is 18.4. The molecule has 4 heterocycles. The quantitative estimate of drug-likeness (QED) is 0.0470. The lowest BCUT2D eigenvalue weighted by atomic mass is 9.74. The maximum atomic E-state index is 13.6. The van der Waals surface area contributed by atoms with Gasteiger partial charge in [-0.3, -0.25) is 14.1 Å². The fourth-order valence-electron chi connectivity index (χ4n) is 5.97. The molecule has 0 unspecified atom stereocenters. The fourth-order valence-corrected chi connectivity index (χ4v) is 6.98. The van der Waals surface area contributed by atoms with Crippen molar-refractivity contribution in [3.63, 3.8) is 0 Å². The summed E-state index contributed by atoms with van der Waals surface area (Å²) in [6, 6.07) is 5.49. The predicted octanol–water partition coefficient (Wildman–Crippen LogP) is 0.752. The lowest BCUT2D eigenvalue weighted by Gasteiger charge is -2.50. The molecule has 52 heavy (non-hydrogen) atoms. The molecule has 280 valence electrons. The number of fused-ring (bicyclic) bond motifs is 1. The molecule has 1 aromatic carbocycles. The van der Waals surface area contributed by atoms with Crippen molar-refractivity contribution in [2.75, 3.05) is 12.3 Å². The van der Waals surface area contributed by atoms with Gasteiger partial charge in [0.15, 0.2) is 28.9 Å². The summed E-state index contributed by atoms with van der Waals surface area (Å²) < 4.78 is 43.9. The van der Waals surface area contributed by atoms with Gasteiger partial charge in [0.1, 0.15) is 17.6 Å². The van der Waals surface area contributed by atoms with Crippen molar-refractivity contribution in [3.05, 3.63) is 53.1 Å². The highest BCUT2D eigenvalue weighted by atomic mass is 32.3. The molecule has 0 bridgehead atoms. The van der Waals surface area contributed by atoms with E-state index in [1.807, 2.05) is 29.9 Å². The zero-order valence-corrected chi connectivity index (χ0v) is 30.4. The van der Waals surface area contributed by atoms with Gasteiger partial charge in [-0.2, -0.15) is 13.5 Å². The van der Waals surface area contributed by atoms with E-state index >= 15 is 0 Å². The molecular formula is C32H40N7O11S2+. The summed E-state index contributed by atoms with van der Waals surface area (Å²) in [6.07, 6.45) is 3.20. The number of hydrogen-bond acceptors (Lipinski definition) is 15. The summed E-state index contributed by atoms with van der Waals surface area (Å²) >= 11 is 0.989. The van der Waals surface area contributed by atoms with E-state index in [0.717, 1.165) is 33.9 Å². The van der Waals surface area contributed by atoms with Crippen LogP contribution in [0.2, 0.25) is 0 Å². The molecule has 18 nitrogen and oxygen atoms in total. The first-order chi connectivity index (χ1) is 24.3. The second-order valence-corrected chi connectivity index (χ2v) is 15.1. The zero-order chi connectivity index (χ0) is 38.2. The van der Waals surface area contributed by atoms with Gasteiger partial charge in [0, 0.05) is 18.3 Å². The van der Waals surface area contributed by atoms with Gasteiger partial charge in [-0.1, -0.05) is 16.2 Å². The van der Waals surface area contributed by atoms with Crippen molar-refractivity contribution in [1.29, 1.82) is 0 Å². The lowest BCUT2D eigenvalue weighted by molar-refractivity contribution is -0.682. The number of amides is 1. The first-order valence-electron chi connectivity index (χ1n) is 16.1. The van der Waals surface area contributed by atoms with Crippen LogP contribution in [0.4, 0.5) is 5.13 Å². The normalized spacial score (nSPS) is 20.2. The van der Waals surface area contributed by atoms with Crippen LogP contribution in [0.25, 0.3) is 11.1 Å². The topological polar surface area (TPSA) is 271 Å². The van der Waals surface area contributed by atoms with Crippen molar-refractivity contribution < 1.29 is 56.0 Å². The van der Waals surface area contributed by atoms with E-state index in [1.54, 1.807) is 12.3 Å². The number of oxime groups is 1. The van der Waals surface area contributed by atoms with Gasteiger partial charge >= 0.3 is 16.4 Å². The number of benzene rings is 1. The van der Waals surface area contributed by atoms with Crippen LogP contribution in [0.1, 0.15) is 57.1 Å². The number of rotatable bonds is 15. The predicted molar refractivity (Wildman–Crippen MR) is 184 cm³/mol. The number of thiazole rings is 1. The molecule has 0 saturated carbocycles. The van der Waals surface area contributed by atoms with Crippen LogP contribution < -0.4 is 20.8 Å². The molecule has 4 atom stereocenters. The minimum absolute atomic E-state index is 0.0256. The highest BCUT2D eigenvalue weighted by Crippen LogP contribution is 2.41. The number of aliphatic carboxylic acids is 1. The number of carboxylic acid groups (broad SMARTS) is 1. The Kier molecular flexibility index (Phi) is 11.0. The number of aryl methyl sites for hydroxylation is 3. The number of hydrogen-bond donors (Lipinski definition) is 5. The van der Waals surface area contributed by atoms with Crippen molar-refractivity contribution in [1.82, 2.24) is 15.0 Å². The molecule has 20 heteroatoms. The van der Waals surface area contributed by atoms with Gasteiger partial charge in [-0.15, -0.1) is 15.6 Å². The second-order valence-electron chi connectivity index (χ2n) is 13.2. The molecule has 1 fully saturated rings. The van der Waals surface area contributed by atoms with Gasteiger partial charge in [-0.05, 0) is 63.3 Å². The highest BCUT2D eigenvalue weighted by molar-refractivity contribution is 7.80. The molecule has 2 aliphatic heterocycles. The molecule has 2 aliphatic rings. The summed E-state index contributed by atoms with van der Waals surface area (Å²) in [4.78, 5) is 53.3. The van der Waals surface area contributed by atoms with Crippen molar-refractivity contribution in [2.45, 2.75) is 76.2 Å². The largest absolute Gasteiger partial charge is 0.485 e. The summed E-state index contributed by atoms with van der Waals surface area (Å²) in [5.41, 5.74) is 9.96. The fraction of sp³-hybridized carbons (Fsp3) is 0.469. The summed E-state index contributed by atoms with van der Waals surface area (Å²) in [7, 11) is -3.14. The number of anilines is 1. The van der Waals surface area contributed by atoms with Crippen LogP contribution in [0.15, 0.2) is 41.1 Å². The molecule has 1 amide bonds. The Labute approximate surface area is 302 Å². The van der Waals surface area contributed by atoms with Crippen LogP contribution in [0.3, 0.4) is 0 Å². The first kappa shape index (κ1) is 38.6. The van der Waals surface area contributed by atoms with E-state index in [4.69, 9.17) is 25.6 Å². The smallest absolute Gasteiger partial charge is 0.418 e. The van der Waals surface area contributed by atoms with E-state index in [1.165, 1.54) is 26.2 Å². The highest BCUT2D eigenvalue weighted by Gasteiger charge is 2.58. The molecule has 0 spiro atoms. The third-order valence-corrected chi connectivity index (χ3v) is 10.2. The number of carboxylic acids is 1. The number of aliphatic hydroxyl groups excluding tert-OH is 1. The number of ketones is 1. The molecule has 7 N–H and O–H groups in total. The molecule has 0 radical (unpaired) electrons. The van der Waals surface area contributed by atoms with E-state index < -0.39 is 69.5 Å². The second kappa shape index (κ2) is 14.8. The number of β-lactam (4-membered cyclic amide) rings is 1. The average Bonchev–Trinajstić information content (AvgIpc) is 3.53. The molecule has 5 rings (SSSR count). The Morgan fingerprint density at radius 3 is 2.63 bits per heavy atom. The zero-order valence-electron chi connectivity index (χ0n) is 28.8. The van der Waals surface area contributed by atoms with Crippen LogP contribution >= 0.6 is 11.3 Å². The molecule has 2 aromatic heterocycles. The van der Waals surface area contributed by atoms with Crippen LogP contribution in [-0.4, -0.2) is 91.5 Å². The van der Waals surface area contributed by atoms with E-state index in [2.05, 4.69) is 19.4 Å². The minimum atomic E-state index is -5.01. The Morgan fingerprint density at radius 1 is 1.31 bits per heavy atom. The summed E-state index contributed by atoms with van der Waals surface area (Å²) in [5.74, 6) is -2.95. The molecular weight excluding hydrogens is 723 g/mol. The number of aromatic nitrogens is 3. The van der Waals surface area contributed by atoms with Gasteiger partial charge in [0.25, 0.3) is 17.3 Å². The summed E-state index contributed by atoms with van der Waals surface area (Å²) in [5, 5.41) is 26.0. The number of aliphatic hydroxyl groups is 1. The van der Waals surface area contributed by atoms with E-state index in [-0.39, 0.29) is 23.8 Å². The van der Waals surface area contributed by atoms with Crippen molar-refractivity contribution in [2.24, 2.45) is 23.9 Å². The number of carbonyl (C=O) groups excluding carboxylic acids is 2. The number of hydroxylamine groups is 2. The summed E-state index contributed by atoms with van der Waals surface area (Å²) in [6.45, 7) is 4.31. The number of nitrogens with zero attached hydrogens (tertiary/aromatic N) is 5. The number of nitrogens with two attached hydrogens (primary N) is 2. The standard InChI is InChI=1S/C32H39N7O11S2/c1-31(2)21(28(42)39(31)50-52(45,46)47)12-23(41)27(22-16-51-30(34)36-22)37-49-32(3,29(43)44)25-9-6-18-11-17(5-8-24(18)48-25)19-14-35-26(38(4)15-19)10-7-20(40)13-33/h5,8,11,14-16,20-21,25,40H,6-7,9-10,12-13,33H2,1-4H3,(H3-,34,36,43,44,45,46,47)/p+1/b37-27-/t20-,21-,25-,32+/m1/s1. The molecule has 0 aliphatic carbocycles. The maximum absolute atomic E-state index is 13.6. The van der Waals surface area contributed by atoms with Crippen molar-refractivity contribution >= 4 is 50.2 Å². The van der Waals surface area contributed by atoms with Crippen molar-refractivity contribution in [3.8, 4) is 16.9 Å².